The van der Waals surface area contributed by atoms with Crippen LogP contribution in [0.1, 0.15) is 19.8 Å². The third-order valence-corrected chi connectivity index (χ3v) is 4.20. The van der Waals surface area contributed by atoms with E-state index in [0.29, 0.717) is 11.4 Å². The van der Waals surface area contributed by atoms with E-state index in [1.54, 1.807) is 24.3 Å². The molecule has 7 nitrogen and oxygen atoms in total. The molecule has 8 heteroatoms. The molecule has 0 aromatic heterocycles. The van der Waals surface area contributed by atoms with E-state index in [-0.39, 0.29) is 24.5 Å². The molecular formula is C14H17N3O4S. The minimum Gasteiger partial charge on any atom is -0.326 e. The minimum absolute atomic E-state index is 0.144. The van der Waals surface area contributed by atoms with Crippen LogP contribution in [0.4, 0.5) is 11.4 Å². The van der Waals surface area contributed by atoms with Crippen LogP contribution in [0, 0.1) is 11.3 Å². The zero-order valence-electron chi connectivity index (χ0n) is 12.1. The van der Waals surface area contributed by atoms with Crippen LogP contribution < -0.4 is 10.6 Å². The first-order chi connectivity index (χ1) is 10.3. The summed E-state index contributed by atoms with van der Waals surface area (Å²) in [5, 5.41) is 13.4. The van der Waals surface area contributed by atoms with E-state index < -0.39 is 21.5 Å². The van der Waals surface area contributed by atoms with Crippen molar-refractivity contribution in [1.82, 2.24) is 0 Å². The lowest BCUT2D eigenvalue weighted by atomic mass is 10.3. The van der Waals surface area contributed by atoms with Crippen molar-refractivity contribution >= 4 is 33.0 Å². The van der Waals surface area contributed by atoms with Gasteiger partial charge in [0.15, 0.2) is 9.84 Å². The molecule has 0 radical (unpaired) electrons. The molecule has 0 aliphatic carbocycles. The van der Waals surface area contributed by atoms with Gasteiger partial charge in [0.05, 0.1) is 11.8 Å². The van der Waals surface area contributed by atoms with Gasteiger partial charge in [-0.15, -0.1) is 0 Å². The van der Waals surface area contributed by atoms with Gasteiger partial charge in [-0.3, -0.25) is 9.59 Å². The van der Waals surface area contributed by atoms with E-state index in [9.17, 15) is 18.0 Å². The molecule has 0 saturated heterocycles. The first-order valence-corrected chi connectivity index (χ1v) is 8.39. The second-order valence-corrected chi connectivity index (χ2v) is 6.84. The smallest absolute Gasteiger partial charge is 0.239 e. The van der Waals surface area contributed by atoms with Gasteiger partial charge in [-0.25, -0.2) is 8.42 Å². The maximum Gasteiger partial charge on any atom is 0.239 e. The second kappa shape index (κ2) is 8.14. The van der Waals surface area contributed by atoms with Crippen LogP contribution in [0.3, 0.4) is 0 Å². The number of amides is 2. The van der Waals surface area contributed by atoms with Crippen LogP contribution in [0.15, 0.2) is 24.3 Å². The van der Waals surface area contributed by atoms with Crippen LogP contribution in [-0.2, 0) is 19.4 Å². The van der Waals surface area contributed by atoms with Gasteiger partial charge in [0.25, 0.3) is 0 Å². The van der Waals surface area contributed by atoms with Crippen molar-refractivity contribution in [2.75, 3.05) is 22.1 Å². The number of rotatable bonds is 7. The van der Waals surface area contributed by atoms with Gasteiger partial charge in [0.2, 0.25) is 11.8 Å². The SMILES string of the molecule is CC(=O)Nc1ccc(NC(=O)CS(=O)(=O)CCCC#N)cc1. The summed E-state index contributed by atoms with van der Waals surface area (Å²) in [4.78, 5) is 22.6. The molecule has 0 fully saturated rings. The maximum absolute atomic E-state index is 11.7. The van der Waals surface area contributed by atoms with Crippen LogP contribution in [0.5, 0.6) is 0 Å². The number of unbranched alkanes of at least 4 members (excludes halogenated alkanes) is 1. The molecule has 0 unspecified atom stereocenters. The van der Waals surface area contributed by atoms with Crippen molar-refractivity contribution in [1.29, 1.82) is 5.26 Å². The second-order valence-electron chi connectivity index (χ2n) is 4.66. The first-order valence-electron chi connectivity index (χ1n) is 6.57. The van der Waals surface area contributed by atoms with E-state index in [1.165, 1.54) is 6.92 Å². The van der Waals surface area contributed by atoms with Crippen LogP contribution >= 0.6 is 0 Å². The van der Waals surface area contributed by atoms with Crippen molar-refractivity contribution in [2.45, 2.75) is 19.8 Å². The molecule has 0 aliphatic heterocycles. The molecule has 1 rings (SSSR count). The Hall–Kier alpha value is -2.40. The summed E-state index contributed by atoms with van der Waals surface area (Å²) in [6.07, 6.45) is 0.364. The Morgan fingerprint density at radius 1 is 1.14 bits per heavy atom. The zero-order valence-corrected chi connectivity index (χ0v) is 12.9. The maximum atomic E-state index is 11.7. The molecule has 0 aliphatic rings. The fourth-order valence-electron chi connectivity index (χ4n) is 1.68. The molecule has 0 heterocycles. The average molecular weight is 323 g/mol. The number of sulfone groups is 1. The fourth-order valence-corrected chi connectivity index (χ4v) is 2.88. The Balaban J connectivity index is 2.54. The van der Waals surface area contributed by atoms with Gasteiger partial charge in [-0.2, -0.15) is 5.26 Å². The van der Waals surface area contributed by atoms with Crippen LogP contribution in [0.25, 0.3) is 0 Å². The lowest BCUT2D eigenvalue weighted by Gasteiger charge is -2.07. The Bertz CT molecular complexity index is 675. The van der Waals surface area contributed by atoms with Crippen LogP contribution in [0.2, 0.25) is 0 Å². The Morgan fingerprint density at radius 2 is 1.68 bits per heavy atom. The third kappa shape index (κ3) is 6.85. The quantitative estimate of drug-likeness (QED) is 0.734. The fraction of sp³-hybridized carbons (Fsp3) is 0.357. The number of hydrogen-bond donors (Lipinski definition) is 2. The summed E-state index contributed by atoms with van der Waals surface area (Å²) < 4.78 is 23.3. The molecule has 2 amide bonds. The highest BCUT2D eigenvalue weighted by atomic mass is 32.2. The first kappa shape index (κ1) is 17.7. The number of hydrogen-bond acceptors (Lipinski definition) is 5. The highest BCUT2D eigenvalue weighted by Crippen LogP contribution is 2.13. The third-order valence-electron chi connectivity index (χ3n) is 2.58. The van der Waals surface area contributed by atoms with Crippen molar-refractivity contribution < 1.29 is 18.0 Å². The normalized spacial score (nSPS) is 10.5. The number of benzene rings is 1. The van der Waals surface area contributed by atoms with E-state index in [0.717, 1.165) is 0 Å². The molecule has 22 heavy (non-hydrogen) atoms. The molecule has 0 bridgehead atoms. The van der Waals surface area contributed by atoms with Crippen molar-refractivity contribution in [3.05, 3.63) is 24.3 Å². The minimum atomic E-state index is -3.52. The summed E-state index contributed by atoms with van der Waals surface area (Å²) in [6.45, 7) is 1.38. The molecule has 0 spiro atoms. The van der Waals surface area contributed by atoms with Crippen molar-refractivity contribution in [2.24, 2.45) is 0 Å². The van der Waals surface area contributed by atoms with Gasteiger partial charge in [-0.1, -0.05) is 0 Å². The Kier molecular flexibility index (Phi) is 6.53. The molecule has 118 valence electrons. The van der Waals surface area contributed by atoms with Crippen LogP contribution in [-0.4, -0.2) is 31.7 Å². The monoisotopic (exact) mass is 323 g/mol. The molecular weight excluding hydrogens is 306 g/mol. The summed E-state index contributed by atoms with van der Waals surface area (Å²) in [5.41, 5.74) is 1.01. The van der Waals surface area contributed by atoms with E-state index in [4.69, 9.17) is 5.26 Å². The van der Waals surface area contributed by atoms with E-state index in [1.807, 2.05) is 6.07 Å². The molecule has 2 N–H and O–H groups in total. The van der Waals surface area contributed by atoms with Gasteiger partial charge in [0, 0.05) is 24.7 Å². The topological polar surface area (TPSA) is 116 Å². The Morgan fingerprint density at radius 3 is 2.18 bits per heavy atom. The number of nitrogens with one attached hydrogen (secondary N) is 2. The number of nitrogens with zero attached hydrogens (tertiary/aromatic N) is 1. The zero-order chi connectivity index (χ0) is 16.6. The number of anilines is 2. The van der Waals surface area contributed by atoms with E-state index >= 15 is 0 Å². The summed E-state index contributed by atoms with van der Waals surface area (Å²) >= 11 is 0. The Labute approximate surface area is 129 Å². The predicted molar refractivity (Wildman–Crippen MR) is 82.9 cm³/mol. The largest absolute Gasteiger partial charge is 0.326 e. The molecule has 0 atom stereocenters. The summed E-state index contributed by atoms with van der Waals surface area (Å²) in [7, 11) is -3.52. The highest BCUT2D eigenvalue weighted by Gasteiger charge is 2.16. The summed E-state index contributed by atoms with van der Waals surface area (Å²) in [6, 6.07) is 8.17. The number of carbonyl (C=O) groups is 2. The number of carbonyl (C=O) groups excluding carboxylic acids is 2. The molecule has 1 aromatic rings. The van der Waals surface area contributed by atoms with Gasteiger partial charge >= 0.3 is 0 Å². The predicted octanol–water partition coefficient (Wildman–Crippen LogP) is 1.30. The van der Waals surface area contributed by atoms with Gasteiger partial charge in [-0.05, 0) is 30.7 Å². The van der Waals surface area contributed by atoms with Gasteiger partial charge in [0.1, 0.15) is 5.75 Å². The lowest BCUT2D eigenvalue weighted by molar-refractivity contribution is -0.114. The molecule has 1 aromatic carbocycles. The van der Waals surface area contributed by atoms with Crippen molar-refractivity contribution in [3.8, 4) is 6.07 Å². The highest BCUT2D eigenvalue weighted by molar-refractivity contribution is 7.92. The van der Waals surface area contributed by atoms with Gasteiger partial charge < -0.3 is 10.6 Å². The average Bonchev–Trinajstić information content (AvgIpc) is 2.40. The van der Waals surface area contributed by atoms with Crippen molar-refractivity contribution in [3.63, 3.8) is 0 Å². The standard InChI is InChI=1S/C14H17N3O4S/c1-11(18)16-12-4-6-13(7-5-12)17-14(19)10-22(20,21)9-3-2-8-15/h4-7H,2-3,9-10H2,1H3,(H,16,18)(H,17,19). The molecule has 0 saturated carbocycles. The number of nitriles is 1. The van der Waals surface area contributed by atoms with E-state index in [2.05, 4.69) is 10.6 Å². The summed E-state index contributed by atoms with van der Waals surface area (Å²) in [5.74, 6) is -1.65. The lowest BCUT2D eigenvalue weighted by Crippen LogP contribution is -2.24.